The summed E-state index contributed by atoms with van der Waals surface area (Å²) in [6.45, 7) is 0. The second kappa shape index (κ2) is 6.68. The van der Waals surface area contributed by atoms with E-state index in [0.29, 0.717) is 27.2 Å². The molecule has 0 aliphatic carbocycles. The number of halogens is 3. The van der Waals surface area contributed by atoms with Crippen LogP contribution in [0.15, 0.2) is 36.4 Å². The summed E-state index contributed by atoms with van der Waals surface area (Å²) < 4.78 is 5.12. The summed E-state index contributed by atoms with van der Waals surface area (Å²) in [5.41, 5.74) is 8.05. The normalized spacial score (nSPS) is 12.2. The Morgan fingerprint density at radius 2 is 1.85 bits per heavy atom. The maximum absolute atomic E-state index is 6.23. The predicted octanol–water partition coefficient (Wildman–Crippen LogP) is 4.90. The fraction of sp³-hybridized carbons (Fsp3) is 0.200. The molecule has 0 radical (unpaired) electrons. The lowest BCUT2D eigenvalue weighted by Gasteiger charge is -2.16. The van der Waals surface area contributed by atoms with Gasteiger partial charge in [-0.25, -0.2) is 0 Å². The number of ether oxygens (including phenoxy) is 1. The summed E-state index contributed by atoms with van der Waals surface area (Å²) >= 11 is 18.3. The highest BCUT2D eigenvalue weighted by atomic mass is 35.5. The van der Waals surface area contributed by atoms with Crippen molar-refractivity contribution in [3.8, 4) is 5.75 Å². The van der Waals surface area contributed by atoms with Gasteiger partial charge >= 0.3 is 0 Å². The van der Waals surface area contributed by atoms with E-state index in [2.05, 4.69) is 0 Å². The summed E-state index contributed by atoms with van der Waals surface area (Å²) in [4.78, 5) is 0. The van der Waals surface area contributed by atoms with Gasteiger partial charge in [0.25, 0.3) is 0 Å². The fourth-order valence-corrected chi connectivity index (χ4v) is 2.77. The smallest absolute Gasteiger partial charge is 0.138 e. The van der Waals surface area contributed by atoms with Crippen LogP contribution in [0.5, 0.6) is 5.75 Å². The van der Waals surface area contributed by atoms with Crippen LogP contribution in [-0.4, -0.2) is 7.11 Å². The minimum Gasteiger partial charge on any atom is -0.495 e. The third-order valence-corrected chi connectivity index (χ3v) is 3.87. The Bertz CT molecular complexity index is 616. The largest absolute Gasteiger partial charge is 0.495 e. The van der Waals surface area contributed by atoms with Crippen molar-refractivity contribution < 1.29 is 4.74 Å². The molecule has 1 atom stereocenters. The lowest BCUT2D eigenvalue weighted by Crippen LogP contribution is -2.14. The zero-order chi connectivity index (χ0) is 14.7. The van der Waals surface area contributed by atoms with Crippen LogP contribution in [0.2, 0.25) is 15.1 Å². The SMILES string of the molecule is COc1cc(Cl)c(C(N)Cc2cccc(Cl)c2)cc1Cl. The highest BCUT2D eigenvalue weighted by Gasteiger charge is 2.14. The molecule has 1 unspecified atom stereocenters. The van der Waals surface area contributed by atoms with Crippen LogP contribution in [-0.2, 0) is 6.42 Å². The molecular formula is C15H14Cl3NO. The predicted molar refractivity (Wildman–Crippen MR) is 85.1 cm³/mol. The second-order valence-electron chi connectivity index (χ2n) is 4.45. The number of methoxy groups -OCH3 is 1. The van der Waals surface area contributed by atoms with E-state index in [0.717, 1.165) is 11.1 Å². The molecule has 0 heterocycles. The molecule has 0 spiro atoms. The van der Waals surface area contributed by atoms with E-state index in [9.17, 15) is 0 Å². The highest BCUT2D eigenvalue weighted by molar-refractivity contribution is 6.34. The van der Waals surface area contributed by atoms with Crippen LogP contribution >= 0.6 is 34.8 Å². The second-order valence-corrected chi connectivity index (χ2v) is 5.70. The lowest BCUT2D eigenvalue weighted by molar-refractivity contribution is 0.415. The average Bonchev–Trinajstić information content (AvgIpc) is 2.40. The molecule has 5 heteroatoms. The molecule has 0 aromatic heterocycles. The molecule has 2 aromatic rings. The van der Waals surface area contributed by atoms with Gasteiger partial charge in [-0.3, -0.25) is 0 Å². The van der Waals surface area contributed by atoms with Crippen LogP contribution in [0, 0.1) is 0 Å². The topological polar surface area (TPSA) is 35.2 Å². The summed E-state index contributed by atoms with van der Waals surface area (Å²) in [6, 6.07) is 10.8. The quantitative estimate of drug-likeness (QED) is 0.865. The first-order chi connectivity index (χ1) is 9.51. The number of hydrogen-bond acceptors (Lipinski definition) is 2. The third kappa shape index (κ3) is 3.58. The molecule has 2 N–H and O–H groups in total. The first-order valence-electron chi connectivity index (χ1n) is 6.04. The maximum atomic E-state index is 6.23. The van der Waals surface area contributed by atoms with Gasteiger partial charge in [-0.2, -0.15) is 0 Å². The first-order valence-corrected chi connectivity index (χ1v) is 7.17. The molecule has 0 aliphatic rings. The summed E-state index contributed by atoms with van der Waals surface area (Å²) in [5, 5.41) is 1.72. The minimum atomic E-state index is -0.260. The minimum absolute atomic E-state index is 0.260. The van der Waals surface area contributed by atoms with Crippen molar-refractivity contribution in [3.63, 3.8) is 0 Å². The van der Waals surface area contributed by atoms with Crippen LogP contribution in [0.1, 0.15) is 17.2 Å². The molecule has 0 saturated carbocycles. The Hall–Kier alpha value is -0.930. The van der Waals surface area contributed by atoms with E-state index >= 15 is 0 Å². The number of benzene rings is 2. The maximum Gasteiger partial charge on any atom is 0.138 e. The van der Waals surface area contributed by atoms with Crippen molar-refractivity contribution in [1.29, 1.82) is 0 Å². The Morgan fingerprint density at radius 1 is 1.10 bits per heavy atom. The zero-order valence-electron chi connectivity index (χ0n) is 10.9. The number of hydrogen-bond donors (Lipinski definition) is 1. The molecule has 2 nitrogen and oxygen atoms in total. The van der Waals surface area contributed by atoms with Crippen molar-refractivity contribution in [2.45, 2.75) is 12.5 Å². The van der Waals surface area contributed by atoms with Crippen molar-refractivity contribution in [2.24, 2.45) is 5.73 Å². The van der Waals surface area contributed by atoms with Crippen LogP contribution < -0.4 is 10.5 Å². The van der Waals surface area contributed by atoms with Crippen molar-refractivity contribution in [3.05, 3.63) is 62.6 Å². The zero-order valence-corrected chi connectivity index (χ0v) is 13.1. The number of nitrogens with two attached hydrogens (primary N) is 1. The molecule has 0 bridgehead atoms. The van der Waals surface area contributed by atoms with Crippen LogP contribution in [0.3, 0.4) is 0 Å². The summed E-state index contributed by atoms with van der Waals surface area (Å²) in [6.07, 6.45) is 0.628. The van der Waals surface area contributed by atoms with E-state index in [4.69, 9.17) is 45.3 Å². The van der Waals surface area contributed by atoms with Gasteiger partial charge in [0.1, 0.15) is 5.75 Å². The van der Waals surface area contributed by atoms with E-state index in [1.165, 1.54) is 0 Å². The standard InChI is InChI=1S/C15H14Cl3NO/c1-20-15-8-12(17)11(7-13(15)18)14(19)6-9-3-2-4-10(16)5-9/h2-5,7-8,14H,6,19H2,1H3. The van der Waals surface area contributed by atoms with Gasteiger partial charge in [0.2, 0.25) is 0 Å². The Kier molecular flexibility index (Phi) is 5.17. The van der Waals surface area contributed by atoms with Crippen molar-refractivity contribution >= 4 is 34.8 Å². The summed E-state index contributed by atoms with van der Waals surface area (Å²) in [5.74, 6) is 0.537. The van der Waals surface area contributed by atoms with Gasteiger partial charge in [-0.1, -0.05) is 46.9 Å². The van der Waals surface area contributed by atoms with Crippen molar-refractivity contribution in [1.82, 2.24) is 0 Å². The van der Waals surface area contributed by atoms with E-state index in [1.54, 1.807) is 19.2 Å². The van der Waals surface area contributed by atoms with Crippen molar-refractivity contribution in [2.75, 3.05) is 7.11 Å². The molecule has 0 fully saturated rings. The average molecular weight is 331 g/mol. The molecular weight excluding hydrogens is 317 g/mol. The van der Waals surface area contributed by atoms with Gasteiger partial charge in [-0.15, -0.1) is 0 Å². The molecule has 106 valence electrons. The molecule has 20 heavy (non-hydrogen) atoms. The third-order valence-electron chi connectivity index (χ3n) is 3.02. The number of rotatable bonds is 4. The van der Waals surface area contributed by atoms with Gasteiger partial charge in [-0.05, 0) is 35.7 Å². The van der Waals surface area contributed by atoms with Gasteiger partial charge < -0.3 is 10.5 Å². The Morgan fingerprint density at radius 3 is 2.50 bits per heavy atom. The van der Waals surface area contributed by atoms with Gasteiger partial charge in [0, 0.05) is 22.2 Å². The molecule has 2 rings (SSSR count). The van der Waals surface area contributed by atoms with E-state index in [-0.39, 0.29) is 6.04 Å². The van der Waals surface area contributed by atoms with E-state index < -0.39 is 0 Å². The fourth-order valence-electron chi connectivity index (χ4n) is 2.01. The van der Waals surface area contributed by atoms with Gasteiger partial charge in [0.05, 0.1) is 12.1 Å². The molecule has 0 aliphatic heterocycles. The summed E-state index contributed by atoms with van der Waals surface area (Å²) in [7, 11) is 1.54. The van der Waals surface area contributed by atoms with Crippen LogP contribution in [0.4, 0.5) is 0 Å². The molecule has 2 aromatic carbocycles. The Balaban J connectivity index is 2.25. The Labute approximate surface area is 133 Å². The monoisotopic (exact) mass is 329 g/mol. The van der Waals surface area contributed by atoms with E-state index in [1.807, 2.05) is 24.3 Å². The molecule has 0 saturated heterocycles. The highest BCUT2D eigenvalue weighted by Crippen LogP contribution is 2.34. The molecule has 0 amide bonds. The van der Waals surface area contributed by atoms with Crippen LogP contribution in [0.25, 0.3) is 0 Å². The first kappa shape index (κ1) is 15.5. The lowest BCUT2D eigenvalue weighted by atomic mass is 9.99. The van der Waals surface area contributed by atoms with Gasteiger partial charge in [0.15, 0.2) is 0 Å².